The summed E-state index contributed by atoms with van der Waals surface area (Å²) < 4.78 is 29.2. The van der Waals surface area contributed by atoms with E-state index in [9.17, 15) is 13.6 Å². The van der Waals surface area contributed by atoms with Gasteiger partial charge in [0.2, 0.25) is 0 Å². The van der Waals surface area contributed by atoms with Crippen molar-refractivity contribution in [2.45, 2.75) is 19.4 Å². The number of carboxylic acid groups (broad SMARTS) is 1. The molecule has 0 aliphatic carbocycles. The maximum atomic E-state index is 13.9. The monoisotopic (exact) mass is 375 g/mol. The summed E-state index contributed by atoms with van der Waals surface area (Å²) in [5, 5.41) is 14.1. The molecule has 3 rings (SSSR count). The van der Waals surface area contributed by atoms with Gasteiger partial charge in [-0.2, -0.15) is 13.9 Å². The van der Waals surface area contributed by atoms with Crippen LogP contribution in [0.5, 0.6) is 0 Å². The van der Waals surface area contributed by atoms with Gasteiger partial charge in [0.15, 0.2) is 5.69 Å². The van der Waals surface area contributed by atoms with Crippen LogP contribution in [0.15, 0.2) is 36.4 Å². The van der Waals surface area contributed by atoms with Crippen LogP contribution in [-0.4, -0.2) is 20.9 Å². The Bertz CT molecular complexity index is 1070. The van der Waals surface area contributed by atoms with E-state index in [0.29, 0.717) is 32.9 Å². The number of hydrogen-bond acceptors (Lipinski definition) is 2. The van der Waals surface area contributed by atoms with Crippen LogP contribution in [0.25, 0.3) is 15.7 Å². The van der Waals surface area contributed by atoms with Gasteiger partial charge in [-0.05, 0) is 24.6 Å². The van der Waals surface area contributed by atoms with E-state index in [1.807, 2.05) is 0 Å². The number of carboxylic acids is 1. The third kappa shape index (κ3) is 2.89. The lowest BCUT2D eigenvalue weighted by atomic mass is 10.1. The van der Waals surface area contributed by atoms with Crippen molar-refractivity contribution in [1.82, 2.24) is 9.78 Å². The minimum atomic E-state index is -4.01. The minimum absolute atomic E-state index is 0.101. The van der Waals surface area contributed by atoms with Crippen LogP contribution in [0.3, 0.4) is 0 Å². The average Bonchev–Trinajstić information content (AvgIpc) is 2.92. The largest absolute Gasteiger partial charge is 0.477 e. The average molecular weight is 376 g/mol. The Morgan fingerprint density at radius 1 is 1.38 bits per heavy atom. The van der Waals surface area contributed by atoms with Crippen molar-refractivity contribution in [3.8, 4) is 0 Å². The molecule has 0 saturated carbocycles. The second-order valence-corrected chi connectivity index (χ2v) is 6.11. The lowest BCUT2D eigenvalue weighted by Gasteiger charge is -2.12. The standard InChI is InChI=1S/C18H12ClF2N3O2/c1-10-12-7-6-11(18(20,21)17(25)26)8-16(12)24(23-10)9-13-14(19)4-3-5-15(13)22-2/h3-8H,9H2,1H3,(H,25,26). The fourth-order valence-corrected chi connectivity index (χ4v) is 2.97. The number of aryl methyl sites for hydroxylation is 1. The van der Waals surface area contributed by atoms with E-state index in [4.69, 9.17) is 23.3 Å². The number of fused-ring (bicyclic) bond motifs is 1. The number of aromatic nitrogens is 2. The van der Waals surface area contributed by atoms with Gasteiger partial charge < -0.3 is 5.11 Å². The quantitative estimate of drug-likeness (QED) is 0.668. The molecule has 132 valence electrons. The molecule has 26 heavy (non-hydrogen) atoms. The molecule has 0 spiro atoms. The molecule has 0 saturated heterocycles. The van der Waals surface area contributed by atoms with Crippen LogP contribution in [0.1, 0.15) is 16.8 Å². The summed E-state index contributed by atoms with van der Waals surface area (Å²) in [6.07, 6.45) is 0. The fraction of sp³-hybridized carbons (Fsp3) is 0.167. The molecule has 0 unspecified atom stereocenters. The van der Waals surface area contributed by atoms with Gasteiger partial charge in [-0.25, -0.2) is 9.64 Å². The van der Waals surface area contributed by atoms with Gasteiger partial charge >= 0.3 is 11.9 Å². The second kappa shape index (κ2) is 6.39. The molecule has 0 amide bonds. The molecule has 0 atom stereocenters. The minimum Gasteiger partial charge on any atom is -0.477 e. The van der Waals surface area contributed by atoms with Crippen LogP contribution in [0, 0.1) is 13.5 Å². The van der Waals surface area contributed by atoms with Crippen molar-refractivity contribution < 1.29 is 18.7 Å². The van der Waals surface area contributed by atoms with Crippen molar-refractivity contribution >= 4 is 34.2 Å². The molecule has 0 bridgehead atoms. The Morgan fingerprint density at radius 2 is 2.12 bits per heavy atom. The maximum Gasteiger partial charge on any atom is 0.379 e. The lowest BCUT2D eigenvalue weighted by Crippen LogP contribution is -2.25. The first kappa shape index (κ1) is 17.8. The Balaban J connectivity index is 2.16. The van der Waals surface area contributed by atoms with Crippen LogP contribution >= 0.6 is 11.6 Å². The highest BCUT2D eigenvalue weighted by molar-refractivity contribution is 6.31. The van der Waals surface area contributed by atoms with Crippen LogP contribution in [0.4, 0.5) is 14.5 Å². The summed E-state index contributed by atoms with van der Waals surface area (Å²) >= 11 is 6.18. The summed E-state index contributed by atoms with van der Waals surface area (Å²) in [6, 6.07) is 8.50. The van der Waals surface area contributed by atoms with Crippen LogP contribution < -0.4 is 0 Å². The van der Waals surface area contributed by atoms with Gasteiger partial charge in [-0.15, -0.1) is 0 Å². The molecule has 3 aromatic rings. The number of aliphatic carboxylic acids is 1. The molecule has 0 radical (unpaired) electrons. The van der Waals surface area contributed by atoms with E-state index < -0.39 is 17.5 Å². The second-order valence-electron chi connectivity index (χ2n) is 5.70. The molecule has 1 N–H and O–H groups in total. The van der Waals surface area contributed by atoms with Gasteiger partial charge in [-0.1, -0.05) is 35.9 Å². The zero-order valence-electron chi connectivity index (χ0n) is 13.5. The van der Waals surface area contributed by atoms with Crippen molar-refractivity contribution in [2.24, 2.45) is 0 Å². The summed E-state index contributed by atoms with van der Waals surface area (Å²) in [6.45, 7) is 9.07. The Kier molecular flexibility index (Phi) is 4.38. The topological polar surface area (TPSA) is 59.5 Å². The normalized spacial score (nSPS) is 11.5. The Hall–Kier alpha value is -2.98. The molecule has 1 heterocycles. The first-order chi connectivity index (χ1) is 12.3. The fourth-order valence-electron chi connectivity index (χ4n) is 2.74. The highest BCUT2D eigenvalue weighted by atomic mass is 35.5. The highest BCUT2D eigenvalue weighted by Gasteiger charge is 2.41. The van der Waals surface area contributed by atoms with Gasteiger partial charge in [0, 0.05) is 16.0 Å². The molecule has 8 heteroatoms. The Labute approximate surface area is 152 Å². The first-order valence-corrected chi connectivity index (χ1v) is 7.87. The smallest absolute Gasteiger partial charge is 0.379 e. The molecular formula is C18H12ClF2N3O2. The molecular weight excluding hydrogens is 364 g/mol. The van der Waals surface area contributed by atoms with Crippen LogP contribution in [0.2, 0.25) is 5.02 Å². The molecule has 1 aromatic heterocycles. The van der Waals surface area contributed by atoms with Crippen LogP contribution in [-0.2, 0) is 17.3 Å². The molecule has 0 aliphatic heterocycles. The number of carbonyl (C=O) groups is 1. The summed E-state index contributed by atoms with van der Waals surface area (Å²) in [4.78, 5) is 14.3. The van der Waals surface area contributed by atoms with E-state index in [0.717, 1.165) is 12.1 Å². The van der Waals surface area contributed by atoms with E-state index in [1.165, 1.54) is 10.7 Å². The predicted octanol–water partition coefficient (Wildman–Crippen LogP) is 4.77. The van der Waals surface area contributed by atoms with Crippen molar-refractivity contribution in [3.63, 3.8) is 0 Å². The summed E-state index contributed by atoms with van der Waals surface area (Å²) in [5.74, 6) is -6.23. The molecule has 0 aliphatic rings. The van der Waals surface area contributed by atoms with E-state index >= 15 is 0 Å². The summed E-state index contributed by atoms with van der Waals surface area (Å²) in [7, 11) is 0. The number of hydrogen-bond donors (Lipinski definition) is 1. The van der Waals surface area contributed by atoms with Gasteiger partial charge in [0.25, 0.3) is 0 Å². The predicted molar refractivity (Wildman–Crippen MR) is 92.8 cm³/mol. The van der Waals surface area contributed by atoms with Gasteiger partial charge in [0.1, 0.15) is 0 Å². The highest BCUT2D eigenvalue weighted by Crippen LogP contribution is 2.33. The summed E-state index contributed by atoms with van der Waals surface area (Å²) in [5.41, 5.74) is 1.16. The van der Waals surface area contributed by atoms with Crippen molar-refractivity contribution in [2.75, 3.05) is 0 Å². The van der Waals surface area contributed by atoms with Crippen molar-refractivity contribution in [3.05, 3.63) is 69.7 Å². The number of halogens is 3. The number of benzene rings is 2. The number of nitrogens with zero attached hydrogens (tertiary/aromatic N) is 3. The third-order valence-electron chi connectivity index (χ3n) is 4.09. The zero-order valence-corrected chi connectivity index (χ0v) is 14.3. The first-order valence-electron chi connectivity index (χ1n) is 7.49. The van der Waals surface area contributed by atoms with Gasteiger partial charge in [-0.3, -0.25) is 4.68 Å². The molecule has 2 aromatic carbocycles. The lowest BCUT2D eigenvalue weighted by molar-refractivity contribution is -0.166. The molecule has 5 nitrogen and oxygen atoms in total. The van der Waals surface area contributed by atoms with Crippen molar-refractivity contribution in [1.29, 1.82) is 0 Å². The zero-order chi connectivity index (χ0) is 19.1. The maximum absolute atomic E-state index is 13.9. The number of rotatable bonds is 4. The van der Waals surface area contributed by atoms with Gasteiger partial charge in [0.05, 0.1) is 24.3 Å². The SMILES string of the molecule is [C-]#[N+]c1cccc(Cl)c1Cn1nc(C)c2ccc(C(F)(F)C(=O)O)cc21. The third-order valence-corrected chi connectivity index (χ3v) is 4.44. The van der Waals surface area contributed by atoms with E-state index in [1.54, 1.807) is 25.1 Å². The molecule has 0 fully saturated rings. The van der Waals surface area contributed by atoms with E-state index in [-0.39, 0.29) is 6.54 Å². The van der Waals surface area contributed by atoms with E-state index in [2.05, 4.69) is 9.94 Å². The Morgan fingerprint density at radius 3 is 2.77 bits per heavy atom. The number of alkyl halides is 2.